The minimum Gasteiger partial charge on any atom is -0.294 e. The lowest BCUT2D eigenvalue weighted by Gasteiger charge is -2.04. The highest BCUT2D eigenvalue weighted by atomic mass is 127. The molecule has 0 fully saturated rings. The molecule has 17 heavy (non-hydrogen) atoms. The number of carbonyl (C=O) groups is 1. The van der Waals surface area contributed by atoms with E-state index in [1.165, 1.54) is 0 Å². The summed E-state index contributed by atoms with van der Waals surface area (Å²) >= 11 is 5.61. The number of nitrogens with zero attached hydrogens (tertiary/aromatic N) is 1. The van der Waals surface area contributed by atoms with Crippen LogP contribution in [0.15, 0.2) is 47.2 Å². The molecule has 0 bridgehead atoms. The molecule has 0 N–H and O–H groups in total. The van der Waals surface area contributed by atoms with Crippen molar-refractivity contribution >= 4 is 44.3 Å². The van der Waals surface area contributed by atoms with Gasteiger partial charge in [0.05, 0.1) is 0 Å². The predicted molar refractivity (Wildman–Crippen MR) is 79.1 cm³/mol. The van der Waals surface area contributed by atoms with Gasteiger partial charge in [0.25, 0.3) is 0 Å². The molecule has 0 saturated heterocycles. The maximum Gasteiger partial charge on any atom is 0.168 e. The van der Waals surface area contributed by atoms with Crippen molar-refractivity contribution in [2.24, 2.45) is 0 Å². The molecule has 2 rings (SSSR count). The van der Waals surface area contributed by atoms with Gasteiger partial charge in [-0.1, -0.05) is 22.0 Å². The van der Waals surface area contributed by atoms with E-state index in [0.29, 0.717) is 6.42 Å². The average molecular weight is 402 g/mol. The van der Waals surface area contributed by atoms with Gasteiger partial charge in [-0.25, -0.2) is 0 Å². The Morgan fingerprint density at radius 2 is 2.18 bits per heavy atom. The van der Waals surface area contributed by atoms with E-state index in [9.17, 15) is 4.79 Å². The van der Waals surface area contributed by atoms with Gasteiger partial charge in [0.2, 0.25) is 0 Å². The number of carbonyl (C=O) groups excluding carboxylic acids is 1. The van der Waals surface area contributed by atoms with E-state index in [1.807, 2.05) is 30.3 Å². The molecular weight excluding hydrogens is 393 g/mol. The van der Waals surface area contributed by atoms with Crippen LogP contribution < -0.4 is 0 Å². The smallest absolute Gasteiger partial charge is 0.168 e. The maximum atomic E-state index is 12.1. The van der Waals surface area contributed by atoms with Gasteiger partial charge >= 0.3 is 0 Å². The predicted octanol–water partition coefficient (Wildman–Crippen LogP) is 3.87. The van der Waals surface area contributed by atoms with Gasteiger partial charge in [0, 0.05) is 32.4 Å². The summed E-state index contributed by atoms with van der Waals surface area (Å²) in [6.45, 7) is 0. The van der Waals surface area contributed by atoms with E-state index in [-0.39, 0.29) is 5.78 Å². The van der Waals surface area contributed by atoms with Crippen LogP contribution in [-0.4, -0.2) is 10.8 Å². The number of hydrogen-bond donors (Lipinski definition) is 0. The van der Waals surface area contributed by atoms with Crippen molar-refractivity contribution in [1.29, 1.82) is 0 Å². The molecule has 0 aliphatic heterocycles. The molecule has 2 aromatic rings. The molecule has 0 radical (unpaired) electrons. The fourth-order valence-corrected chi connectivity index (χ4v) is 2.45. The van der Waals surface area contributed by atoms with E-state index in [4.69, 9.17) is 0 Å². The summed E-state index contributed by atoms with van der Waals surface area (Å²) in [4.78, 5) is 16.1. The van der Waals surface area contributed by atoms with Crippen molar-refractivity contribution in [2.45, 2.75) is 6.42 Å². The highest BCUT2D eigenvalue weighted by Crippen LogP contribution is 2.21. The average Bonchev–Trinajstić information content (AvgIpc) is 2.33. The Hall–Kier alpha value is -0.750. The quantitative estimate of drug-likeness (QED) is 0.577. The highest BCUT2D eigenvalue weighted by molar-refractivity contribution is 14.1. The molecule has 2 nitrogen and oxygen atoms in total. The molecule has 1 aromatic heterocycles. The second-order valence-electron chi connectivity index (χ2n) is 3.59. The van der Waals surface area contributed by atoms with Crippen LogP contribution >= 0.6 is 38.5 Å². The Bertz CT molecular complexity index is 542. The lowest BCUT2D eigenvalue weighted by molar-refractivity contribution is 0.0992. The fourth-order valence-electron chi connectivity index (χ4n) is 1.49. The zero-order chi connectivity index (χ0) is 12.3. The van der Waals surface area contributed by atoms with Crippen molar-refractivity contribution in [2.75, 3.05) is 0 Å². The summed E-state index contributed by atoms with van der Waals surface area (Å²) in [6.07, 6.45) is 3.81. The monoisotopic (exact) mass is 401 g/mol. The molecule has 0 saturated carbocycles. The van der Waals surface area contributed by atoms with Crippen molar-refractivity contribution in [1.82, 2.24) is 4.98 Å². The summed E-state index contributed by atoms with van der Waals surface area (Å²) in [5.41, 5.74) is 1.66. The number of rotatable bonds is 3. The second-order valence-corrected chi connectivity index (χ2v) is 5.69. The first-order valence-corrected chi connectivity index (χ1v) is 6.91. The third kappa shape index (κ3) is 3.35. The van der Waals surface area contributed by atoms with E-state index in [2.05, 4.69) is 43.5 Å². The van der Waals surface area contributed by atoms with Gasteiger partial charge in [-0.05, 0) is 52.4 Å². The Balaban J connectivity index is 2.23. The fraction of sp³-hybridized carbons (Fsp3) is 0.0769. The largest absolute Gasteiger partial charge is 0.294 e. The minimum atomic E-state index is 0.100. The number of ketones is 1. The van der Waals surface area contributed by atoms with E-state index < -0.39 is 0 Å². The third-order valence-corrected chi connectivity index (χ3v) is 3.68. The molecule has 0 spiro atoms. The van der Waals surface area contributed by atoms with Crippen LogP contribution in [-0.2, 0) is 6.42 Å². The van der Waals surface area contributed by atoms with Gasteiger partial charge in [0.1, 0.15) is 0 Å². The van der Waals surface area contributed by atoms with Crippen LogP contribution in [0.25, 0.3) is 0 Å². The van der Waals surface area contributed by atoms with Gasteiger partial charge in [-0.15, -0.1) is 0 Å². The highest BCUT2D eigenvalue weighted by Gasteiger charge is 2.11. The number of aromatic nitrogens is 1. The third-order valence-electron chi connectivity index (χ3n) is 2.32. The molecule has 0 aliphatic rings. The summed E-state index contributed by atoms with van der Waals surface area (Å²) < 4.78 is 1.90. The molecule has 4 heteroatoms. The van der Waals surface area contributed by atoms with Crippen LogP contribution in [0, 0.1) is 3.57 Å². The van der Waals surface area contributed by atoms with E-state index in [1.54, 1.807) is 12.4 Å². The lowest BCUT2D eigenvalue weighted by atomic mass is 10.0. The van der Waals surface area contributed by atoms with Gasteiger partial charge < -0.3 is 0 Å². The van der Waals surface area contributed by atoms with Crippen LogP contribution in [0.5, 0.6) is 0 Å². The Kier molecular flexibility index (Phi) is 4.28. The molecule has 0 amide bonds. The van der Waals surface area contributed by atoms with Crippen molar-refractivity contribution in [3.63, 3.8) is 0 Å². The van der Waals surface area contributed by atoms with Crippen LogP contribution in [0.4, 0.5) is 0 Å². The lowest BCUT2D eigenvalue weighted by Crippen LogP contribution is -2.05. The first kappa shape index (κ1) is 12.7. The normalized spacial score (nSPS) is 10.2. The Morgan fingerprint density at radius 1 is 1.35 bits per heavy atom. The minimum absolute atomic E-state index is 0.100. The molecule has 86 valence electrons. The zero-order valence-electron chi connectivity index (χ0n) is 8.86. The summed E-state index contributed by atoms with van der Waals surface area (Å²) in [5.74, 6) is 0.100. The number of Topliss-reactive ketones (excluding diaryl/α,β-unsaturated/α-hetero) is 1. The summed E-state index contributed by atoms with van der Waals surface area (Å²) in [6, 6.07) is 9.51. The maximum absolute atomic E-state index is 12.1. The summed E-state index contributed by atoms with van der Waals surface area (Å²) in [7, 11) is 0. The van der Waals surface area contributed by atoms with Crippen LogP contribution in [0.3, 0.4) is 0 Å². The zero-order valence-corrected chi connectivity index (χ0v) is 12.6. The summed E-state index contributed by atoms with van der Waals surface area (Å²) in [5, 5.41) is 0. The van der Waals surface area contributed by atoms with E-state index >= 15 is 0 Å². The van der Waals surface area contributed by atoms with Crippen molar-refractivity contribution in [3.05, 3.63) is 61.9 Å². The van der Waals surface area contributed by atoms with Gasteiger partial charge in [-0.2, -0.15) is 0 Å². The topological polar surface area (TPSA) is 30.0 Å². The van der Waals surface area contributed by atoms with Crippen LogP contribution in [0.1, 0.15) is 15.9 Å². The van der Waals surface area contributed by atoms with Gasteiger partial charge in [0.15, 0.2) is 5.78 Å². The Labute approximate surface area is 122 Å². The number of halogens is 2. The molecule has 1 heterocycles. The first-order chi connectivity index (χ1) is 8.16. The standard InChI is InChI=1S/C13H9BrINO/c14-12-4-3-10(15)7-11(12)13(17)6-9-2-1-5-16-8-9/h1-5,7-8H,6H2. The van der Waals surface area contributed by atoms with E-state index in [0.717, 1.165) is 19.2 Å². The second kappa shape index (κ2) is 5.73. The first-order valence-electron chi connectivity index (χ1n) is 5.04. The molecule has 0 atom stereocenters. The van der Waals surface area contributed by atoms with Gasteiger partial charge in [-0.3, -0.25) is 9.78 Å². The SMILES string of the molecule is O=C(Cc1cccnc1)c1cc(I)ccc1Br. The van der Waals surface area contributed by atoms with Crippen LogP contribution in [0.2, 0.25) is 0 Å². The number of pyridine rings is 1. The molecular formula is C13H9BrINO. The van der Waals surface area contributed by atoms with Crippen molar-refractivity contribution < 1.29 is 4.79 Å². The molecule has 1 aromatic carbocycles. The molecule has 0 aliphatic carbocycles. The number of benzene rings is 1. The molecule has 0 unspecified atom stereocenters. The number of hydrogen-bond acceptors (Lipinski definition) is 2. The van der Waals surface area contributed by atoms with Crippen molar-refractivity contribution in [3.8, 4) is 0 Å². The Morgan fingerprint density at radius 3 is 2.88 bits per heavy atom.